The van der Waals surface area contributed by atoms with E-state index in [9.17, 15) is 40.2 Å². The summed E-state index contributed by atoms with van der Waals surface area (Å²) in [6, 6.07) is 9.79. The largest absolute Gasteiger partial charge is 0.573 e. The highest BCUT2D eigenvalue weighted by Crippen LogP contribution is 2.24. The van der Waals surface area contributed by atoms with Gasteiger partial charge in [-0.3, -0.25) is 9.59 Å². The van der Waals surface area contributed by atoms with Gasteiger partial charge in [-0.1, -0.05) is 54.5 Å². The number of carbonyl (C=O) groups is 2. The molecule has 0 amide bonds. The van der Waals surface area contributed by atoms with E-state index in [4.69, 9.17) is 19.4 Å². The fourth-order valence-corrected chi connectivity index (χ4v) is 2.35. The van der Waals surface area contributed by atoms with Crippen molar-refractivity contribution >= 4 is 35.1 Å². The summed E-state index contributed by atoms with van der Waals surface area (Å²) in [7, 11) is 2.95. The summed E-state index contributed by atoms with van der Waals surface area (Å²) in [6.07, 6.45) is -8.97. The molecule has 0 atom stereocenters. The van der Waals surface area contributed by atoms with Crippen molar-refractivity contribution in [3.05, 3.63) is 59.7 Å². The lowest BCUT2D eigenvalue weighted by Gasteiger charge is -2.09. The lowest BCUT2D eigenvalue weighted by molar-refractivity contribution is -0.275. The summed E-state index contributed by atoms with van der Waals surface area (Å²) in [6.45, 7) is 3.50. The highest BCUT2D eigenvalue weighted by atomic mass is 79.9. The van der Waals surface area contributed by atoms with Crippen LogP contribution in [0, 0.1) is 0 Å². The summed E-state index contributed by atoms with van der Waals surface area (Å²) in [5.74, 6) is -1.53. The van der Waals surface area contributed by atoms with Crippen LogP contribution in [0.1, 0.15) is 42.0 Å². The minimum Gasteiger partial charge on any atom is -0.406 e. The van der Waals surface area contributed by atoms with Crippen molar-refractivity contribution in [1.82, 2.24) is 0 Å². The number of ether oxygens (including phenoxy) is 3. The number of hydrogen-bond acceptors (Lipinski definition) is 7. The molecule has 0 heterocycles. The molecule has 0 spiro atoms. The number of aliphatic hydroxyl groups excluding tert-OH is 2. The molecule has 2 rings (SSSR count). The zero-order chi connectivity index (χ0) is 33.8. The maximum Gasteiger partial charge on any atom is 0.573 e. The van der Waals surface area contributed by atoms with Crippen LogP contribution in [0.25, 0.3) is 0 Å². The highest BCUT2D eigenvalue weighted by Gasteiger charge is 2.32. The van der Waals surface area contributed by atoms with Crippen LogP contribution in [0.4, 0.5) is 39.8 Å². The van der Waals surface area contributed by atoms with Gasteiger partial charge < -0.3 is 28.7 Å². The van der Waals surface area contributed by atoms with E-state index in [1.54, 1.807) is 13.8 Å². The van der Waals surface area contributed by atoms with Crippen LogP contribution >= 0.6 is 15.9 Å². The van der Waals surface area contributed by atoms with Gasteiger partial charge in [0.05, 0.1) is 5.33 Å². The quantitative estimate of drug-likeness (QED) is 0.126. The van der Waals surface area contributed by atoms with E-state index in [1.807, 2.05) is 0 Å². The summed E-state index contributed by atoms with van der Waals surface area (Å²) >= 11 is 2.92. The van der Waals surface area contributed by atoms with E-state index in [0.717, 1.165) is 31.4 Å². The maximum atomic E-state index is 11.9. The minimum absolute atomic E-state index is 0. The van der Waals surface area contributed by atoms with E-state index >= 15 is 0 Å². The first-order valence-electron chi connectivity index (χ1n) is 11.1. The highest BCUT2D eigenvalue weighted by molar-refractivity contribution is 9.09. The molecule has 0 saturated carbocycles. The lowest BCUT2D eigenvalue weighted by atomic mass is 10.0. The first-order chi connectivity index (χ1) is 19.7. The van der Waals surface area contributed by atoms with Crippen molar-refractivity contribution in [2.45, 2.75) is 40.3 Å². The molecule has 2 N–H and O–H groups in total. The number of hydrogen-bond donors (Lipinski definition) is 2. The van der Waals surface area contributed by atoms with Crippen molar-refractivity contribution in [2.75, 3.05) is 32.8 Å². The third-order valence-electron chi connectivity index (χ3n) is 3.33. The fourth-order valence-electron chi connectivity index (χ4n) is 2.02. The molecule has 0 unspecified atom stereocenters. The number of carbonyl (C=O) groups excluding carboxylic acids is 2. The second-order valence-electron chi connectivity index (χ2n) is 6.44. The van der Waals surface area contributed by atoms with Crippen molar-refractivity contribution in [3.8, 4) is 11.5 Å². The topological polar surface area (TPSA) is 102 Å². The van der Waals surface area contributed by atoms with E-state index < -0.39 is 30.0 Å². The molecule has 2 aromatic carbocycles. The third kappa shape index (κ3) is 31.9. The molecule has 0 fully saturated rings. The second-order valence-corrected chi connectivity index (χ2v) is 7.00. The molecule has 249 valence electrons. The van der Waals surface area contributed by atoms with Crippen molar-refractivity contribution in [2.24, 2.45) is 0 Å². The Labute approximate surface area is 253 Å². The van der Waals surface area contributed by atoms with Gasteiger partial charge in [-0.25, -0.2) is 0 Å². The summed E-state index contributed by atoms with van der Waals surface area (Å²) in [5.41, 5.74) is 0.289. The number of rotatable bonds is 8. The SMILES string of the molecule is C.CCO.CC[B]F.CO.COCC(=O)c1cccc(OC(F)(F)F)c1.FF.O=C(CBr)c1cccc(OC(F)(F)F)c1. The molecule has 0 saturated heterocycles. The normalized spacial score (nSPS) is 9.40. The Bertz CT molecular complexity index is 950. The smallest absolute Gasteiger partial charge is 0.406 e. The minimum atomic E-state index is -4.76. The van der Waals surface area contributed by atoms with E-state index in [1.165, 1.54) is 31.4 Å². The Balaban J connectivity index is -0.000000165. The van der Waals surface area contributed by atoms with Crippen LogP contribution in [0.15, 0.2) is 48.5 Å². The van der Waals surface area contributed by atoms with Crippen LogP contribution in [0.2, 0.25) is 6.32 Å². The van der Waals surface area contributed by atoms with Gasteiger partial charge in [-0.2, -0.15) is 0 Å². The second kappa shape index (κ2) is 30.6. The van der Waals surface area contributed by atoms with Crippen molar-refractivity contribution in [1.29, 1.82) is 0 Å². The number of aliphatic hydroxyl groups is 2. The van der Waals surface area contributed by atoms with Crippen molar-refractivity contribution in [3.63, 3.8) is 0 Å². The number of benzene rings is 2. The Morgan fingerprint density at radius 3 is 1.42 bits per heavy atom. The molecular weight excluding hydrogens is 674 g/mol. The van der Waals surface area contributed by atoms with Gasteiger partial charge >= 0.3 is 20.3 Å². The number of halogens is 10. The molecule has 7 nitrogen and oxygen atoms in total. The molecular formula is C25H34BBrF9O7. The molecule has 0 aliphatic heterocycles. The van der Waals surface area contributed by atoms with Gasteiger partial charge in [-0.05, 0) is 37.5 Å². The Kier molecular flexibility index (Phi) is 35.5. The van der Waals surface area contributed by atoms with E-state index in [-0.39, 0.29) is 42.9 Å². The maximum absolute atomic E-state index is 11.9. The predicted octanol–water partition coefficient (Wildman–Crippen LogP) is 7.67. The summed E-state index contributed by atoms with van der Waals surface area (Å²) < 4.78 is 110. The first-order valence-corrected chi connectivity index (χ1v) is 12.2. The van der Waals surface area contributed by atoms with Crippen LogP contribution < -0.4 is 9.47 Å². The van der Waals surface area contributed by atoms with Crippen LogP contribution in [-0.2, 0) is 4.74 Å². The zero-order valence-electron chi connectivity index (χ0n) is 22.7. The Morgan fingerprint density at radius 2 is 1.16 bits per heavy atom. The Hall–Kier alpha value is -2.83. The fraction of sp³-hybridized carbons (Fsp3) is 0.440. The number of alkyl halides is 7. The molecule has 0 aliphatic rings. The van der Waals surface area contributed by atoms with Gasteiger partial charge in [0.1, 0.15) is 18.1 Å². The Morgan fingerprint density at radius 1 is 0.837 bits per heavy atom. The van der Waals surface area contributed by atoms with Crippen LogP contribution in [0.3, 0.4) is 0 Å². The molecule has 0 aromatic heterocycles. The third-order valence-corrected chi connectivity index (χ3v) is 3.84. The summed E-state index contributed by atoms with van der Waals surface area (Å²) in [5, 5.41) is 14.6. The van der Waals surface area contributed by atoms with Crippen LogP contribution in [-0.4, -0.2) is 74.8 Å². The molecule has 2 aromatic rings. The molecule has 43 heavy (non-hydrogen) atoms. The molecule has 0 bridgehead atoms. The monoisotopic (exact) mass is 707 g/mol. The van der Waals surface area contributed by atoms with Gasteiger partial charge in [0.15, 0.2) is 11.6 Å². The summed E-state index contributed by atoms with van der Waals surface area (Å²) in [4.78, 5) is 22.4. The number of Topliss-reactive ketones (excluding diaryl/α,β-unsaturated/α-hetero) is 2. The standard InChI is InChI=1S/C10H9F3O3.C9H6BrF3O2.C2H5BF.C2H6O.CH4O.CH4.F2/c1-15-6-9(14)7-3-2-4-8(5-7)16-10(11,12)13;10-5-8(14)6-2-1-3-7(4-6)15-9(11,12)13;1-2-3-4;1-2-3;1-2;;1-2/h2-5H,6H2,1H3;1-4H,5H2;2H2,1H3;3H,2H2,1H3;2H,1H3;1H4;. The van der Waals surface area contributed by atoms with Crippen molar-refractivity contribution < 1.29 is 73.8 Å². The van der Waals surface area contributed by atoms with Gasteiger partial charge in [0.25, 0.3) is 0 Å². The zero-order valence-corrected chi connectivity index (χ0v) is 24.3. The lowest BCUT2D eigenvalue weighted by Crippen LogP contribution is -2.17. The molecule has 1 radical (unpaired) electrons. The van der Waals surface area contributed by atoms with Crippen LogP contribution in [0.5, 0.6) is 11.5 Å². The van der Waals surface area contributed by atoms with E-state index in [2.05, 4.69) is 30.1 Å². The van der Waals surface area contributed by atoms with Gasteiger partial charge in [-0.15, -0.1) is 26.3 Å². The molecule has 0 aliphatic carbocycles. The average molecular weight is 708 g/mol. The predicted molar refractivity (Wildman–Crippen MR) is 148 cm³/mol. The first kappa shape index (κ1) is 49.8. The van der Waals surface area contributed by atoms with Gasteiger partial charge in [0.2, 0.25) is 0 Å². The van der Waals surface area contributed by atoms with Gasteiger partial charge in [0, 0.05) is 41.1 Å². The van der Waals surface area contributed by atoms with E-state index in [0.29, 0.717) is 13.9 Å². The molecule has 18 heteroatoms. The number of methoxy groups -OCH3 is 1. The average Bonchev–Trinajstić information content (AvgIpc) is 2.94. The number of ketones is 2.